The van der Waals surface area contributed by atoms with E-state index >= 15 is 0 Å². The van der Waals surface area contributed by atoms with Gasteiger partial charge in [0.1, 0.15) is 0 Å². The predicted octanol–water partition coefficient (Wildman–Crippen LogP) is 4.65. The first-order valence-electron chi connectivity index (χ1n) is 13.4. The number of thioether (sulfide) groups is 1. The van der Waals surface area contributed by atoms with Crippen LogP contribution in [0.25, 0.3) is 11.3 Å². The van der Waals surface area contributed by atoms with E-state index in [4.69, 9.17) is 15.5 Å². The third-order valence-electron chi connectivity index (χ3n) is 7.70. The molecule has 0 atom stereocenters. The Morgan fingerprint density at radius 3 is 2.64 bits per heavy atom. The molecular weight excluding hydrogens is 514 g/mol. The van der Waals surface area contributed by atoms with Crippen molar-refractivity contribution in [3.63, 3.8) is 0 Å². The van der Waals surface area contributed by atoms with Gasteiger partial charge in [-0.25, -0.2) is 19.7 Å². The number of hydrogen-bond acceptors (Lipinski definition) is 9. The maximum atomic E-state index is 13.7. The van der Waals surface area contributed by atoms with Gasteiger partial charge in [0.05, 0.1) is 53.1 Å². The predicted molar refractivity (Wildman–Crippen MR) is 147 cm³/mol. The number of nitrogens with two attached hydrogens (primary N) is 1. The number of amides is 3. The second kappa shape index (κ2) is 10.1. The number of nitrogen functional groups attached to an aromatic ring is 1. The molecule has 202 valence electrons. The van der Waals surface area contributed by atoms with Crippen LogP contribution >= 0.6 is 11.8 Å². The van der Waals surface area contributed by atoms with Crippen molar-refractivity contribution in [3.05, 3.63) is 53.1 Å². The van der Waals surface area contributed by atoms with Crippen molar-refractivity contribution >= 4 is 29.6 Å². The third-order valence-corrected chi connectivity index (χ3v) is 8.56. The number of carbonyl (C=O) groups is 2. The molecule has 0 aromatic carbocycles. The number of carbonyl (C=O) groups excluding carboxylic acids is 2. The lowest BCUT2D eigenvalue weighted by molar-refractivity contribution is 0.0654. The molecular formula is C28H31N7O3S. The molecule has 39 heavy (non-hydrogen) atoms. The van der Waals surface area contributed by atoms with Gasteiger partial charge in [-0.05, 0) is 55.7 Å². The van der Waals surface area contributed by atoms with E-state index in [2.05, 4.69) is 27.2 Å². The summed E-state index contributed by atoms with van der Waals surface area (Å²) in [5, 5.41) is 2.93. The van der Waals surface area contributed by atoms with Crippen LogP contribution in [-0.4, -0.2) is 49.6 Å². The third kappa shape index (κ3) is 4.48. The van der Waals surface area contributed by atoms with Gasteiger partial charge in [0.25, 0.3) is 5.91 Å². The van der Waals surface area contributed by atoms with E-state index in [9.17, 15) is 9.59 Å². The van der Waals surface area contributed by atoms with Gasteiger partial charge in [-0.1, -0.05) is 19.8 Å². The van der Waals surface area contributed by atoms with Gasteiger partial charge < -0.3 is 15.8 Å². The number of pyridine rings is 2. The molecule has 3 aliphatic rings. The van der Waals surface area contributed by atoms with Crippen LogP contribution in [0.4, 0.5) is 10.7 Å². The monoisotopic (exact) mass is 545 g/mol. The number of rotatable bonds is 7. The van der Waals surface area contributed by atoms with Crippen molar-refractivity contribution < 1.29 is 14.3 Å². The van der Waals surface area contributed by atoms with E-state index in [1.807, 2.05) is 18.3 Å². The Hall–Kier alpha value is -3.73. The first kappa shape index (κ1) is 25.5. The van der Waals surface area contributed by atoms with Crippen molar-refractivity contribution in [1.29, 1.82) is 0 Å². The summed E-state index contributed by atoms with van der Waals surface area (Å²) in [6.45, 7) is 2.32. The van der Waals surface area contributed by atoms with Crippen molar-refractivity contribution in [2.45, 2.75) is 68.3 Å². The summed E-state index contributed by atoms with van der Waals surface area (Å²) in [4.78, 5) is 48.0. The van der Waals surface area contributed by atoms with Crippen molar-refractivity contribution in [1.82, 2.24) is 30.2 Å². The number of nitrogens with one attached hydrogen (secondary N) is 1. The molecule has 10 nitrogen and oxygen atoms in total. The average Bonchev–Trinajstić information content (AvgIpc) is 3.64. The van der Waals surface area contributed by atoms with Crippen molar-refractivity contribution in [2.75, 3.05) is 18.6 Å². The number of methoxy groups -OCH3 is 1. The van der Waals surface area contributed by atoms with Gasteiger partial charge in [-0.2, -0.15) is 4.98 Å². The van der Waals surface area contributed by atoms with Crippen molar-refractivity contribution in [3.8, 4) is 17.1 Å². The summed E-state index contributed by atoms with van der Waals surface area (Å²) >= 11 is 1.71. The number of nitrogens with zero attached hydrogens (tertiary/aromatic N) is 5. The molecule has 0 unspecified atom stereocenters. The fraction of sp³-hybridized carbons (Fsp3) is 0.429. The molecule has 11 heteroatoms. The molecule has 3 N–H and O–H groups in total. The summed E-state index contributed by atoms with van der Waals surface area (Å²) < 4.78 is 5.59. The summed E-state index contributed by atoms with van der Waals surface area (Å²) in [5.74, 6) is 1.45. The SMILES string of the molecule is CCSc1ccc(CNC(=O)N2C(=O)c3ccc(-c4c(OC)nc(N)nc4C4CC4)nc3C23CCCC3)nc1. The second-order valence-electron chi connectivity index (χ2n) is 10.2. The molecule has 0 radical (unpaired) electrons. The minimum Gasteiger partial charge on any atom is -0.480 e. The first-order chi connectivity index (χ1) is 18.9. The van der Waals surface area contributed by atoms with Crippen molar-refractivity contribution in [2.24, 2.45) is 0 Å². The second-order valence-corrected chi connectivity index (χ2v) is 11.5. The minimum absolute atomic E-state index is 0.164. The van der Waals surface area contributed by atoms with Crippen LogP contribution in [0.5, 0.6) is 5.88 Å². The Kier molecular flexibility index (Phi) is 6.62. The van der Waals surface area contributed by atoms with Crippen LogP contribution < -0.4 is 15.8 Å². The van der Waals surface area contributed by atoms with Gasteiger partial charge in [-0.15, -0.1) is 11.8 Å². The van der Waals surface area contributed by atoms with Crippen LogP contribution in [0.2, 0.25) is 0 Å². The van der Waals surface area contributed by atoms with E-state index in [-0.39, 0.29) is 24.3 Å². The summed E-state index contributed by atoms with van der Waals surface area (Å²) in [7, 11) is 1.55. The van der Waals surface area contributed by atoms with E-state index in [0.717, 1.165) is 47.7 Å². The van der Waals surface area contributed by atoms with Crippen LogP contribution in [0.1, 0.15) is 78.8 Å². The highest BCUT2D eigenvalue weighted by atomic mass is 32.2. The summed E-state index contributed by atoms with van der Waals surface area (Å²) in [5.41, 5.74) is 9.16. The Morgan fingerprint density at radius 2 is 1.97 bits per heavy atom. The van der Waals surface area contributed by atoms with E-state index in [1.165, 1.54) is 4.90 Å². The van der Waals surface area contributed by atoms with Gasteiger partial charge >= 0.3 is 6.03 Å². The van der Waals surface area contributed by atoms with E-state index < -0.39 is 11.6 Å². The van der Waals surface area contributed by atoms with Crippen LogP contribution in [-0.2, 0) is 12.1 Å². The lowest BCUT2D eigenvalue weighted by atomic mass is 9.92. The normalized spacial score (nSPS) is 17.5. The molecule has 2 fully saturated rings. The first-order valence-corrected chi connectivity index (χ1v) is 14.4. The van der Waals surface area contributed by atoms with Gasteiger partial charge in [-0.3, -0.25) is 9.78 Å². The highest BCUT2D eigenvalue weighted by Gasteiger charge is 2.55. The highest BCUT2D eigenvalue weighted by molar-refractivity contribution is 7.99. The Labute approximate surface area is 231 Å². The largest absolute Gasteiger partial charge is 0.480 e. The molecule has 1 spiro atoms. The molecule has 3 aromatic rings. The molecule has 1 aliphatic heterocycles. The summed E-state index contributed by atoms with van der Waals surface area (Å²) in [6, 6.07) is 7.03. The number of anilines is 1. The average molecular weight is 546 g/mol. The molecule has 0 bridgehead atoms. The minimum atomic E-state index is -0.788. The zero-order chi connectivity index (χ0) is 27.1. The Morgan fingerprint density at radius 1 is 1.18 bits per heavy atom. The molecule has 0 saturated heterocycles. The lowest BCUT2D eigenvalue weighted by Crippen LogP contribution is -2.50. The number of fused-ring (bicyclic) bond motifs is 2. The van der Waals surface area contributed by atoms with Crippen LogP contribution in [0.15, 0.2) is 35.4 Å². The van der Waals surface area contributed by atoms with E-state index in [0.29, 0.717) is 41.2 Å². The number of imide groups is 1. The number of aromatic nitrogens is 4. The number of ether oxygens (including phenoxy) is 1. The van der Waals surface area contributed by atoms with Gasteiger partial charge in [0.2, 0.25) is 11.8 Å². The smallest absolute Gasteiger partial charge is 0.325 e. The topological polar surface area (TPSA) is 136 Å². The van der Waals surface area contributed by atoms with Crippen LogP contribution in [0, 0.1) is 0 Å². The molecule has 2 saturated carbocycles. The zero-order valence-electron chi connectivity index (χ0n) is 22.1. The number of hydrogen-bond donors (Lipinski definition) is 2. The molecule has 6 rings (SSSR count). The van der Waals surface area contributed by atoms with Gasteiger partial charge in [0.15, 0.2) is 0 Å². The zero-order valence-corrected chi connectivity index (χ0v) is 22.9. The molecule has 4 heterocycles. The Balaban J connectivity index is 1.33. The molecule has 2 aliphatic carbocycles. The standard InChI is InChI=1S/C28H31N7O3S/c1-3-39-18-9-8-17(30-15-18)14-31-27(37)35-25(36)19-10-11-20(32-23(19)28(35)12-4-5-13-28)21-22(16-6-7-16)33-26(29)34-24(21)38-2/h8-11,15-16H,3-7,12-14H2,1-2H3,(H,31,37)(H2,29,33,34). The number of urea groups is 1. The fourth-order valence-electron chi connectivity index (χ4n) is 5.78. The molecule has 3 aromatic heterocycles. The molecule has 3 amide bonds. The van der Waals surface area contributed by atoms with Gasteiger partial charge in [0, 0.05) is 17.0 Å². The van der Waals surface area contributed by atoms with Crippen LogP contribution in [0.3, 0.4) is 0 Å². The fourth-order valence-corrected chi connectivity index (χ4v) is 6.41. The summed E-state index contributed by atoms with van der Waals surface area (Å²) in [6.07, 6.45) is 6.99. The maximum absolute atomic E-state index is 13.7. The Bertz CT molecular complexity index is 1440. The van der Waals surface area contributed by atoms with E-state index in [1.54, 1.807) is 31.0 Å². The highest BCUT2D eigenvalue weighted by Crippen LogP contribution is 2.51. The maximum Gasteiger partial charge on any atom is 0.325 e. The lowest BCUT2D eigenvalue weighted by Gasteiger charge is -2.33. The quantitative estimate of drug-likeness (QED) is 0.407.